The smallest absolute Gasteiger partial charge is 0.306 e. The summed E-state index contributed by atoms with van der Waals surface area (Å²) in [6.45, 7) is 4.48. The number of esters is 1. The number of carbonyl (C=O) groups excluding carboxylic acids is 2. The molecular weight excluding hydrogens is 878 g/mol. The number of hydrogen-bond acceptors (Lipinski definition) is 15. The van der Waals surface area contributed by atoms with Crippen molar-refractivity contribution in [2.75, 3.05) is 11.5 Å². The van der Waals surface area contributed by atoms with Gasteiger partial charge in [0.05, 0.1) is 41.1 Å². The van der Waals surface area contributed by atoms with Gasteiger partial charge in [0.2, 0.25) is 6.08 Å². The molecule has 0 spiro atoms. The van der Waals surface area contributed by atoms with E-state index in [1.807, 2.05) is 74.5 Å². The SMILES string of the molecule is CC[C@H]1O[C@@H](n2cnc3c(N)ncnc32)[C@H](O)[C@H]1Br.CC[C@H]1O[C@@H](n2cnc3c(N)ncnc32)[C@H](OC(=O)CCc2ccccc2)[C@H]1Br.O=C=NCc1ccccc1. The minimum Gasteiger partial charge on any atom is -0.456 e. The summed E-state index contributed by atoms with van der Waals surface area (Å²) in [6.07, 6.45) is 7.52. The number of halogens is 2. The lowest BCUT2D eigenvalue weighted by atomic mass is 10.1. The second-order valence-electron chi connectivity index (χ2n) is 13.3. The molecule has 0 unspecified atom stereocenters. The third-order valence-corrected chi connectivity index (χ3v) is 11.8. The molecule has 0 bridgehead atoms. The largest absolute Gasteiger partial charge is 0.456 e. The van der Waals surface area contributed by atoms with Crippen molar-refractivity contribution in [2.45, 2.75) is 92.6 Å². The maximum atomic E-state index is 12.6. The number of nitrogen functional groups attached to an aromatic ring is 2. The highest BCUT2D eigenvalue weighted by Gasteiger charge is 2.47. The summed E-state index contributed by atoms with van der Waals surface area (Å²) in [7, 11) is 0. The van der Waals surface area contributed by atoms with Crippen molar-refractivity contribution in [3.63, 3.8) is 0 Å². The first kappa shape index (κ1) is 42.4. The maximum Gasteiger partial charge on any atom is 0.306 e. The zero-order valence-corrected chi connectivity index (χ0v) is 34.8. The van der Waals surface area contributed by atoms with Crippen molar-refractivity contribution in [2.24, 2.45) is 4.99 Å². The molecule has 2 aromatic carbocycles. The molecule has 19 heteroatoms. The van der Waals surface area contributed by atoms with Gasteiger partial charge in [0.15, 0.2) is 41.5 Å². The standard InChI is InChI=1S/C20H22BrN5O3.C11H14BrN5O2.C8H7NO/c1-2-13-15(21)17(29-14(27)9-8-12-6-4-3-5-7-12)20(28-13)26-11-25-16-18(22)23-10-24-19(16)26;1-2-5-6(12)8(18)11(19-5)17-4-16-7-9(13)14-3-15-10(7)17;10-7-9-6-8-4-2-1-3-5-8/h3-7,10-11,13,15,17,20H,2,8-9H2,1H3,(H2,22,23,24);3-6,8,11,18H,2H2,1H3,(H2,13,14,15);1-5H,6H2/t13-,15+,17-,20-;5-,6+,8-,11-;/m11./s1. The van der Waals surface area contributed by atoms with E-state index >= 15 is 0 Å². The zero-order valence-electron chi connectivity index (χ0n) is 31.7. The Morgan fingerprint density at radius 3 is 1.84 bits per heavy atom. The summed E-state index contributed by atoms with van der Waals surface area (Å²) in [5.41, 5.74) is 15.9. The van der Waals surface area contributed by atoms with Gasteiger partial charge in [0, 0.05) is 6.42 Å². The Balaban J connectivity index is 0.000000167. The van der Waals surface area contributed by atoms with Gasteiger partial charge in [-0.25, -0.2) is 39.7 Å². The summed E-state index contributed by atoms with van der Waals surface area (Å²) in [5, 5.41) is 10.3. The van der Waals surface area contributed by atoms with Gasteiger partial charge in [0.1, 0.15) is 29.8 Å². The van der Waals surface area contributed by atoms with Crippen LogP contribution in [0.3, 0.4) is 0 Å². The third-order valence-electron chi connectivity index (χ3n) is 9.58. The number of ether oxygens (including phenoxy) is 3. The van der Waals surface area contributed by atoms with E-state index in [1.165, 1.54) is 18.7 Å². The van der Waals surface area contributed by atoms with E-state index in [0.717, 1.165) is 24.0 Å². The number of aliphatic imine (C=N–C) groups is 1. The van der Waals surface area contributed by atoms with Crippen LogP contribution < -0.4 is 11.5 Å². The fraction of sp³-hybridized carbons (Fsp3) is 0.385. The number of anilines is 2. The number of aliphatic hydroxyl groups is 1. The molecular formula is C39H43Br2N11O6. The average Bonchev–Trinajstić information content (AvgIpc) is 4.02. The lowest BCUT2D eigenvalue weighted by Crippen LogP contribution is -2.32. The Kier molecular flexibility index (Phi) is 14.6. The van der Waals surface area contributed by atoms with E-state index in [4.69, 9.17) is 25.7 Å². The molecule has 6 heterocycles. The molecule has 0 amide bonds. The molecule has 4 aromatic heterocycles. The summed E-state index contributed by atoms with van der Waals surface area (Å²) in [5.74, 6) is 0.344. The predicted molar refractivity (Wildman–Crippen MR) is 222 cm³/mol. The number of aryl methyl sites for hydroxylation is 1. The Labute approximate surface area is 350 Å². The lowest BCUT2D eigenvalue weighted by Gasteiger charge is -2.22. The van der Waals surface area contributed by atoms with Gasteiger partial charge in [-0.2, -0.15) is 0 Å². The molecule has 2 aliphatic heterocycles. The van der Waals surface area contributed by atoms with Crippen molar-refractivity contribution in [3.8, 4) is 0 Å². The number of aromatic nitrogens is 8. The number of alkyl halides is 2. The normalized spacial score (nSPS) is 23.7. The molecule has 0 aliphatic carbocycles. The number of rotatable bonds is 10. The minimum atomic E-state index is -0.668. The number of fused-ring (bicyclic) bond motifs is 2. The monoisotopic (exact) mass is 919 g/mol. The Morgan fingerprint density at radius 1 is 0.793 bits per heavy atom. The van der Waals surface area contributed by atoms with E-state index in [2.05, 4.69) is 66.8 Å². The number of nitrogens with zero attached hydrogens (tertiary/aromatic N) is 9. The number of imidazole rings is 2. The van der Waals surface area contributed by atoms with Crippen molar-refractivity contribution in [1.82, 2.24) is 39.0 Å². The minimum absolute atomic E-state index is 0.0448. The van der Waals surface area contributed by atoms with Crippen LogP contribution in [0.25, 0.3) is 22.3 Å². The predicted octanol–water partition coefficient (Wildman–Crippen LogP) is 5.39. The molecule has 2 fully saturated rings. The second kappa shape index (κ2) is 20.0. The summed E-state index contributed by atoms with van der Waals surface area (Å²) < 4.78 is 21.4. The molecule has 17 nitrogen and oxygen atoms in total. The maximum absolute atomic E-state index is 12.6. The Hall–Kier alpha value is -5.17. The highest BCUT2D eigenvalue weighted by molar-refractivity contribution is 9.09. The molecule has 8 rings (SSSR count). The summed E-state index contributed by atoms with van der Waals surface area (Å²) in [4.78, 5) is 50.2. The van der Waals surface area contributed by atoms with E-state index in [9.17, 15) is 14.7 Å². The molecule has 304 valence electrons. The zero-order chi connectivity index (χ0) is 41.2. The quantitative estimate of drug-likeness (QED) is 0.0677. The average molecular weight is 922 g/mol. The number of hydrogen-bond donors (Lipinski definition) is 3. The van der Waals surface area contributed by atoms with Crippen molar-refractivity contribution in [3.05, 3.63) is 97.1 Å². The van der Waals surface area contributed by atoms with Gasteiger partial charge in [-0.05, 0) is 30.4 Å². The van der Waals surface area contributed by atoms with Crippen LogP contribution in [-0.2, 0) is 36.8 Å². The first-order chi connectivity index (χ1) is 28.1. The molecule has 58 heavy (non-hydrogen) atoms. The van der Waals surface area contributed by atoms with Gasteiger partial charge in [-0.1, -0.05) is 106 Å². The van der Waals surface area contributed by atoms with Gasteiger partial charge in [-0.15, -0.1) is 0 Å². The van der Waals surface area contributed by atoms with Crippen molar-refractivity contribution < 1.29 is 28.9 Å². The van der Waals surface area contributed by atoms with E-state index < -0.39 is 24.7 Å². The van der Waals surface area contributed by atoms with Crippen LogP contribution >= 0.6 is 31.9 Å². The number of aliphatic hydroxyl groups excluding tert-OH is 1. The van der Waals surface area contributed by atoms with Crippen LogP contribution in [0.5, 0.6) is 0 Å². The number of benzene rings is 2. The summed E-state index contributed by atoms with van der Waals surface area (Å²) >= 11 is 7.14. The molecule has 6 aromatic rings. The van der Waals surface area contributed by atoms with Crippen LogP contribution in [0.1, 0.15) is 56.7 Å². The number of nitrogens with two attached hydrogens (primary N) is 2. The second-order valence-corrected chi connectivity index (χ2v) is 15.4. The van der Waals surface area contributed by atoms with Crippen LogP contribution in [0.15, 0.2) is 91.0 Å². The van der Waals surface area contributed by atoms with Crippen LogP contribution in [0.2, 0.25) is 0 Å². The molecule has 0 saturated carbocycles. The summed E-state index contributed by atoms with van der Waals surface area (Å²) in [6, 6.07) is 19.4. The van der Waals surface area contributed by atoms with Gasteiger partial charge >= 0.3 is 5.97 Å². The Bertz CT molecular complexity index is 2310. The first-order valence-electron chi connectivity index (χ1n) is 18.6. The van der Waals surface area contributed by atoms with Crippen LogP contribution in [0.4, 0.5) is 11.6 Å². The van der Waals surface area contributed by atoms with Crippen LogP contribution in [-0.4, -0.2) is 90.3 Å². The van der Waals surface area contributed by atoms with Crippen molar-refractivity contribution in [1.29, 1.82) is 0 Å². The van der Waals surface area contributed by atoms with Gasteiger partial charge < -0.3 is 30.8 Å². The van der Waals surface area contributed by atoms with Gasteiger partial charge in [0.25, 0.3) is 0 Å². The number of carbonyl (C=O) groups is 1. The molecule has 8 atom stereocenters. The Morgan fingerprint density at radius 2 is 1.31 bits per heavy atom. The molecule has 0 radical (unpaired) electrons. The van der Waals surface area contributed by atoms with E-state index in [0.29, 0.717) is 53.3 Å². The molecule has 2 saturated heterocycles. The molecule has 2 aliphatic rings. The van der Waals surface area contributed by atoms with Gasteiger partial charge in [-0.3, -0.25) is 13.9 Å². The highest BCUT2D eigenvalue weighted by atomic mass is 79.9. The van der Waals surface area contributed by atoms with Crippen molar-refractivity contribution >= 4 is 77.9 Å². The number of isocyanates is 1. The van der Waals surface area contributed by atoms with E-state index in [1.54, 1.807) is 21.8 Å². The highest BCUT2D eigenvalue weighted by Crippen LogP contribution is 2.39. The topological polar surface area (TPSA) is 234 Å². The fourth-order valence-electron chi connectivity index (χ4n) is 6.55. The lowest BCUT2D eigenvalue weighted by molar-refractivity contribution is -0.154. The van der Waals surface area contributed by atoms with E-state index in [-0.39, 0.29) is 27.8 Å². The van der Waals surface area contributed by atoms with Crippen LogP contribution in [0, 0.1) is 0 Å². The fourth-order valence-corrected chi connectivity index (χ4v) is 8.18. The molecule has 5 N–H and O–H groups in total. The first-order valence-corrected chi connectivity index (χ1v) is 20.4. The third kappa shape index (κ3) is 9.74.